The average Bonchev–Trinajstić information content (AvgIpc) is 3.22. The second-order valence-electron chi connectivity index (χ2n) is 7.54. The minimum absolute atomic E-state index is 0.0348. The quantitative estimate of drug-likeness (QED) is 0.184. The Morgan fingerprint density at radius 2 is 1.79 bits per heavy atom. The van der Waals surface area contributed by atoms with Crippen LogP contribution in [-0.2, 0) is 5.88 Å². The van der Waals surface area contributed by atoms with Crippen molar-refractivity contribution in [3.8, 4) is 11.3 Å². The minimum Gasteiger partial charge on any atom is -0.353 e. The standard InChI is InChI=1S/C25H17ClN4O3/c26-14-15-8-10-16(11-9-15)25(31)29-22-13-20-19-6-1-2-7-21(19)27-24(20)23(28-22)17-4-3-5-18(12-17)30(32)33/h1-13,27H,14H2,(H,28,29,31). The van der Waals surface area contributed by atoms with Gasteiger partial charge in [0.1, 0.15) is 5.82 Å². The summed E-state index contributed by atoms with van der Waals surface area (Å²) in [6.07, 6.45) is 0. The number of non-ortho nitro benzene ring substituents is 1. The number of rotatable bonds is 5. The summed E-state index contributed by atoms with van der Waals surface area (Å²) in [5.74, 6) is 0.403. The SMILES string of the molecule is O=C(Nc1cc2c([nH]c3ccccc32)c(-c2cccc([N+](=O)[O-])c2)n1)c1ccc(CCl)cc1. The van der Waals surface area contributed by atoms with Crippen LogP contribution in [0.5, 0.6) is 0 Å². The number of hydrogen-bond acceptors (Lipinski definition) is 4. The van der Waals surface area contributed by atoms with E-state index in [1.807, 2.05) is 24.3 Å². The molecule has 162 valence electrons. The van der Waals surface area contributed by atoms with Crippen molar-refractivity contribution in [3.05, 3.63) is 100 Å². The van der Waals surface area contributed by atoms with Crippen molar-refractivity contribution in [2.75, 3.05) is 5.32 Å². The number of hydrogen-bond donors (Lipinski definition) is 2. The van der Waals surface area contributed by atoms with E-state index in [-0.39, 0.29) is 11.6 Å². The van der Waals surface area contributed by atoms with Crippen molar-refractivity contribution in [1.82, 2.24) is 9.97 Å². The van der Waals surface area contributed by atoms with Gasteiger partial charge in [-0.1, -0.05) is 42.5 Å². The maximum Gasteiger partial charge on any atom is 0.270 e. The van der Waals surface area contributed by atoms with Crippen LogP contribution < -0.4 is 5.32 Å². The third-order valence-corrected chi connectivity index (χ3v) is 5.75. The molecule has 0 aliphatic heterocycles. The first-order chi connectivity index (χ1) is 16.0. The molecule has 0 fully saturated rings. The first-order valence-corrected chi connectivity index (χ1v) is 10.7. The summed E-state index contributed by atoms with van der Waals surface area (Å²) in [5, 5.41) is 16.0. The molecule has 0 aliphatic rings. The van der Waals surface area contributed by atoms with Gasteiger partial charge in [0.2, 0.25) is 0 Å². The van der Waals surface area contributed by atoms with Gasteiger partial charge >= 0.3 is 0 Å². The number of amides is 1. The number of H-pyrrole nitrogens is 1. The van der Waals surface area contributed by atoms with Crippen molar-refractivity contribution in [2.24, 2.45) is 0 Å². The molecule has 2 aromatic heterocycles. The molecule has 5 rings (SSSR count). The summed E-state index contributed by atoms with van der Waals surface area (Å²) in [6, 6.07) is 22.9. The van der Waals surface area contributed by atoms with E-state index < -0.39 is 4.92 Å². The van der Waals surface area contributed by atoms with Crippen LogP contribution in [0, 0.1) is 10.1 Å². The largest absolute Gasteiger partial charge is 0.353 e. The highest BCUT2D eigenvalue weighted by Crippen LogP contribution is 2.35. The van der Waals surface area contributed by atoms with E-state index in [2.05, 4.69) is 15.3 Å². The summed E-state index contributed by atoms with van der Waals surface area (Å²) >= 11 is 5.83. The van der Waals surface area contributed by atoms with Gasteiger partial charge in [-0.3, -0.25) is 14.9 Å². The number of aromatic amines is 1. The second-order valence-corrected chi connectivity index (χ2v) is 7.81. The fourth-order valence-electron chi connectivity index (χ4n) is 3.82. The Kier molecular flexibility index (Phi) is 5.24. The Morgan fingerprint density at radius 1 is 1.00 bits per heavy atom. The highest BCUT2D eigenvalue weighted by molar-refractivity contribution is 6.17. The molecule has 0 spiro atoms. The Hall–Kier alpha value is -4.23. The maximum atomic E-state index is 12.9. The van der Waals surface area contributed by atoms with E-state index in [4.69, 9.17) is 11.6 Å². The zero-order chi connectivity index (χ0) is 22.9. The summed E-state index contributed by atoms with van der Waals surface area (Å²) in [4.78, 5) is 31.8. The topological polar surface area (TPSA) is 101 Å². The summed E-state index contributed by atoms with van der Waals surface area (Å²) in [6.45, 7) is 0. The Balaban J connectivity index is 1.65. The zero-order valence-electron chi connectivity index (χ0n) is 17.2. The molecule has 2 N–H and O–H groups in total. The number of carbonyl (C=O) groups is 1. The van der Waals surface area contributed by atoms with Crippen LogP contribution in [0.15, 0.2) is 78.9 Å². The van der Waals surface area contributed by atoms with Crippen LogP contribution in [0.25, 0.3) is 33.1 Å². The lowest BCUT2D eigenvalue weighted by Crippen LogP contribution is -2.13. The van der Waals surface area contributed by atoms with Gasteiger partial charge in [0.25, 0.3) is 11.6 Å². The number of alkyl halides is 1. The molecule has 33 heavy (non-hydrogen) atoms. The molecule has 2 heterocycles. The third-order valence-electron chi connectivity index (χ3n) is 5.44. The van der Waals surface area contributed by atoms with Crippen LogP contribution >= 0.6 is 11.6 Å². The summed E-state index contributed by atoms with van der Waals surface area (Å²) in [5.41, 5.74) is 4.08. The highest BCUT2D eigenvalue weighted by Gasteiger charge is 2.17. The van der Waals surface area contributed by atoms with Crippen molar-refractivity contribution < 1.29 is 9.72 Å². The molecular formula is C25H17ClN4O3. The van der Waals surface area contributed by atoms with Gasteiger partial charge < -0.3 is 10.3 Å². The number of benzene rings is 3. The van der Waals surface area contributed by atoms with Crippen LogP contribution in [0.3, 0.4) is 0 Å². The number of para-hydroxylation sites is 1. The molecule has 7 nitrogen and oxygen atoms in total. The zero-order valence-corrected chi connectivity index (χ0v) is 18.0. The molecule has 8 heteroatoms. The third kappa shape index (κ3) is 3.90. The van der Waals surface area contributed by atoms with E-state index in [0.717, 1.165) is 27.4 Å². The van der Waals surface area contributed by atoms with Crippen molar-refractivity contribution in [2.45, 2.75) is 5.88 Å². The number of carbonyl (C=O) groups excluding carboxylic acids is 1. The monoisotopic (exact) mass is 456 g/mol. The molecule has 0 saturated carbocycles. The van der Waals surface area contributed by atoms with Crippen LogP contribution in [0.4, 0.5) is 11.5 Å². The Morgan fingerprint density at radius 3 is 2.55 bits per heavy atom. The van der Waals surface area contributed by atoms with Crippen LogP contribution in [-0.4, -0.2) is 20.8 Å². The molecule has 1 amide bonds. The van der Waals surface area contributed by atoms with Gasteiger partial charge in [-0.2, -0.15) is 0 Å². The number of pyridine rings is 1. The van der Waals surface area contributed by atoms with Gasteiger partial charge in [0, 0.05) is 45.4 Å². The van der Waals surface area contributed by atoms with E-state index in [9.17, 15) is 14.9 Å². The smallest absolute Gasteiger partial charge is 0.270 e. The number of nitro benzene ring substituents is 1. The molecule has 0 unspecified atom stereocenters. The molecule has 5 aromatic rings. The first-order valence-electron chi connectivity index (χ1n) is 10.2. The number of anilines is 1. The summed E-state index contributed by atoms with van der Waals surface area (Å²) < 4.78 is 0. The number of nitrogens with one attached hydrogen (secondary N) is 2. The highest BCUT2D eigenvalue weighted by atomic mass is 35.5. The molecule has 0 bridgehead atoms. The number of halogens is 1. The van der Waals surface area contributed by atoms with Gasteiger partial charge in [0.15, 0.2) is 0 Å². The first kappa shape index (κ1) is 20.7. The summed E-state index contributed by atoms with van der Waals surface area (Å²) in [7, 11) is 0. The van der Waals surface area contributed by atoms with Gasteiger partial charge in [0.05, 0.1) is 16.1 Å². The number of nitro groups is 1. The van der Waals surface area contributed by atoms with Crippen molar-refractivity contribution in [3.63, 3.8) is 0 Å². The number of nitrogens with zero attached hydrogens (tertiary/aromatic N) is 2. The predicted molar refractivity (Wildman–Crippen MR) is 130 cm³/mol. The maximum absolute atomic E-state index is 12.9. The minimum atomic E-state index is -0.442. The van der Waals surface area contributed by atoms with Crippen molar-refractivity contribution >= 4 is 50.8 Å². The Bertz CT molecular complexity index is 1530. The van der Waals surface area contributed by atoms with Crippen LogP contribution in [0.1, 0.15) is 15.9 Å². The second kappa shape index (κ2) is 8.37. The number of fused-ring (bicyclic) bond motifs is 3. The fraction of sp³-hybridized carbons (Fsp3) is 0.0400. The van der Waals surface area contributed by atoms with Gasteiger partial charge in [-0.05, 0) is 29.8 Å². The van der Waals surface area contributed by atoms with E-state index in [1.165, 1.54) is 12.1 Å². The molecular weight excluding hydrogens is 440 g/mol. The molecule has 0 saturated heterocycles. The molecule has 0 radical (unpaired) electrons. The normalized spacial score (nSPS) is 11.1. The lowest BCUT2D eigenvalue weighted by molar-refractivity contribution is -0.384. The average molecular weight is 457 g/mol. The van der Waals surface area contributed by atoms with Gasteiger partial charge in [-0.15, -0.1) is 11.6 Å². The van der Waals surface area contributed by atoms with E-state index in [0.29, 0.717) is 28.5 Å². The van der Waals surface area contributed by atoms with Gasteiger partial charge in [-0.25, -0.2) is 4.98 Å². The predicted octanol–water partition coefficient (Wildman–Crippen LogP) is 6.28. The van der Waals surface area contributed by atoms with E-state index >= 15 is 0 Å². The molecule has 0 atom stereocenters. The van der Waals surface area contributed by atoms with Crippen molar-refractivity contribution in [1.29, 1.82) is 0 Å². The Labute approximate surface area is 193 Å². The molecule has 3 aromatic carbocycles. The fourth-order valence-corrected chi connectivity index (χ4v) is 4.00. The van der Waals surface area contributed by atoms with Crippen LogP contribution in [0.2, 0.25) is 0 Å². The lowest BCUT2D eigenvalue weighted by atomic mass is 10.1. The number of aromatic nitrogens is 2. The lowest BCUT2D eigenvalue weighted by Gasteiger charge is -2.09. The van der Waals surface area contributed by atoms with E-state index in [1.54, 1.807) is 42.5 Å². The molecule has 0 aliphatic carbocycles.